The van der Waals surface area contributed by atoms with E-state index in [2.05, 4.69) is 6.07 Å². The fraction of sp³-hybridized carbons (Fsp3) is 0.143. The Kier molecular flexibility index (Phi) is 3.28. The standard InChI is InChI=1S/C14H12NO3/c1-10-6-5-9-13(11(10)2)18-14-8-4-3-7-12(14)15(16)17/h3,5-9H,1-2H3. The molecule has 91 valence electrons. The van der Waals surface area contributed by atoms with Gasteiger partial charge in [0.1, 0.15) is 5.75 Å². The van der Waals surface area contributed by atoms with Crippen molar-refractivity contribution in [2.45, 2.75) is 13.8 Å². The predicted molar refractivity (Wildman–Crippen MR) is 67.9 cm³/mol. The average molecular weight is 242 g/mol. The second kappa shape index (κ2) is 4.87. The molecule has 0 fully saturated rings. The number of benzene rings is 2. The van der Waals surface area contributed by atoms with Crippen molar-refractivity contribution in [3.8, 4) is 11.5 Å². The molecule has 4 heteroatoms. The Morgan fingerprint density at radius 2 is 2.00 bits per heavy atom. The van der Waals surface area contributed by atoms with Crippen LogP contribution in [-0.4, -0.2) is 4.92 Å². The number of hydrogen-bond donors (Lipinski definition) is 0. The van der Waals surface area contributed by atoms with Gasteiger partial charge in [0.2, 0.25) is 5.75 Å². The average Bonchev–Trinajstić information content (AvgIpc) is 2.35. The van der Waals surface area contributed by atoms with Gasteiger partial charge in [0.15, 0.2) is 0 Å². The number of nitro benzene ring substituents is 1. The minimum absolute atomic E-state index is 0.0605. The van der Waals surface area contributed by atoms with Crippen LogP contribution in [0.3, 0.4) is 0 Å². The topological polar surface area (TPSA) is 52.4 Å². The molecule has 0 heterocycles. The van der Waals surface area contributed by atoms with E-state index in [1.807, 2.05) is 26.0 Å². The molecule has 0 aromatic heterocycles. The van der Waals surface area contributed by atoms with E-state index in [9.17, 15) is 10.1 Å². The van der Waals surface area contributed by atoms with Gasteiger partial charge in [0.05, 0.1) is 4.92 Å². The number of aryl methyl sites for hydroxylation is 1. The second-order valence-electron chi connectivity index (χ2n) is 3.95. The molecule has 0 N–H and O–H groups in total. The summed E-state index contributed by atoms with van der Waals surface area (Å²) in [7, 11) is 0. The van der Waals surface area contributed by atoms with Crippen molar-refractivity contribution in [2.24, 2.45) is 0 Å². The van der Waals surface area contributed by atoms with E-state index in [1.165, 1.54) is 18.2 Å². The van der Waals surface area contributed by atoms with Gasteiger partial charge in [0.25, 0.3) is 0 Å². The van der Waals surface area contributed by atoms with Crippen molar-refractivity contribution in [3.05, 3.63) is 63.7 Å². The van der Waals surface area contributed by atoms with E-state index in [0.29, 0.717) is 5.75 Å². The third-order valence-corrected chi connectivity index (χ3v) is 2.78. The summed E-state index contributed by atoms with van der Waals surface area (Å²) in [6.45, 7) is 3.89. The summed E-state index contributed by atoms with van der Waals surface area (Å²) < 4.78 is 5.61. The molecule has 0 saturated carbocycles. The summed E-state index contributed by atoms with van der Waals surface area (Å²) in [5.74, 6) is 0.828. The van der Waals surface area contributed by atoms with E-state index < -0.39 is 4.92 Å². The molecule has 0 unspecified atom stereocenters. The summed E-state index contributed by atoms with van der Waals surface area (Å²) in [5.41, 5.74) is 1.99. The quantitative estimate of drug-likeness (QED) is 0.607. The van der Waals surface area contributed by atoms with Crippen LogP contribution >= 0.6 is 0 Å². The summed E-state index contributed by atoms with van der Waals surface area (Å²) in [4.78, 5) is 10.4. The first kappa shape index (κ1) is 12.1. The summed E-state index contributed by atoms with van der Waals surface area (Å²) in [5, 5.41) is 10.9. The zero-order chi connectivity index (χ0) is 13.1. The van der Waals surface area contributed by atoms with Gasteiger partial charge in [0, 0.05) is 6.07 Å². The Morgan fingerprint density at radius 3 is 2.72 bits per heavy atom. The Balaban J connectivity index is 2.40. The third kappa shape index (κ3) is 2.32. The molecule has 4 nitrogen and oxygen atoms in total. The predicted octanol–water partition coefficient (Wildman–Crippen LogP) is 3.80. The highest BCUT2D eigenvalue weighted by molar-refractivity contribution is 5.49. The zero-order valence-electron chi connectivity index (χ0n) is 10.1. The number of nitrogens with zero attached hydrogens (tertiary/aromatic N) is 1. The first-order chi connectivity index (χ1) is 8.59. The van der Waals surface area contributed by atoms with Gasteiger partial charge >= 0.3 is 5.69 Å². The van der Waals surface area contributed by atoms with Gasteiger partial charge in [-0.05, 0) is 49.2 Å². The molecular formula is C14H12NO3. The van der Waals surface area contributed by atoms with Crippen LogP contribution in [0.15, 0.2) is 36.4 Å². The molecule has 0 bridgehead atoms. The maximum atomic E-state index is 10.9. The lowest BCUT2D eigenvalue weighted by Gasteiger charge is -2.10. The SMILES string of the molecule is Cc1cccc(Oc2c[c]ccc2[N+](=O)[O-])c1C. The van der Waals surface area contributed by atoms with Crippen molar-refractivity contribution in [3.63, 3.8) is 0 Å². The van der Waals surface area contributed by atoms with E-state index in [-0.39, 0.29) is 11.4 Å². The molecule has 0 atom stereocenters. The lowest BCUT2D eigenvalue weighted by molar-refractivity contribution is -0.385. The molecule has 1 radical (unpaired) electrons. The van der Waals surface area contributed by atoms with Crippen molar-refractivity contribution in [1.29, 1.82) is 0 Å². The van der Waals surface area contributed by atoms with Crippen LogP contribution in [-0.2, 0) is 0 Å². The van der Waals surface area contributed by atoms with Crippen molar-refractivity contribution >= 4 is 5.69 Å². The Hall–Kier alpha value is -2.36. The fourth-order valence-electron chi connectivity index (χ4n) is 1.59. The minimum Gasteiger partial charge on any atom is -0.450 e. The molecule has 0 aliphatic carbocycles. The Labute approximate surface area is 105 Å². The largest absolute Gasteiger partial charge is 0.450 e. The summed E-state index contributed by atoms with van der Waals surface area (Å²) in [6.07, 6.45) is 0. The van der Waals surface area contributed by atoms with Crippen molar-refractivity contribution in [2.75, 3.05) is 0 Å². The maximum absolute atomic E-state index is 10.9. The molecule has 2 rings (SSSR count). The molecule has 2 aromatic carbocycles. The Morgan fingerprint density at radius 1 is 1.22 bits per heavy atom. The van der Waals surface area contributed by atoms with Crippen LogP contribution in [0.1, 0.15) is 11.1 Å². The smallest absolute Gasteiger partial charge is 0.311 e. The minimum atomic E-state index is -0.464. The van der Waals surface area contributed by atoms with Gasteiger partial charge in [-0.3, -0.25) is 10.1 Å². The van der Waals surface area contributed by atoms with Gasteiger partial charge < -0.3 is 4.74 Å². The summed E-state index contributed by atoms with van der Waals surface area (Å²) >= 11 is 0. The number of nitro groups is 1. The number of rotatable bonds is 3. The van der Waals surface area contributed by atoms with E-state index in [4.69, 9.17) is 4.74 Å². The van der Waals surface area contributed by atoms with Crippen molar-refractivity contribution < 1.29 is 9.66 Å². The van der Waals surface area contributed by atoms with Crippen LogP contribution in [0.5, 0.6) is 11.5 Å². The van der Waals surface area contributed by atoms with E-state index in [1.54, 1.807) is 6.07 Å². The highest BCUT2D eigenvalue weighted by Gasteiger charge is 2.15. The number of hydrogen-bond acceptors (Lipinski definition) is 3. The molecular weight excluding hydrogens is 230 g/mol. The zero-order valence-corrected chi connectivity index (χ0v) is 10.1. The van der Waals surface area contributed by atoms with Gasteiger partial charge in [-0.25, -0.2) is 0 Å². The molecule has 0 spiro atoms. The van der Waals surface area contributed by atoms with Crippen molar-refractivity contribution in [1.82, 2.24) is 0 Å². The molecule has 18 heavy (non-hydrogen) atoms. The first-order valence-corrected chi connectivity index (χ1v) is 5.48. The molecule has 2 aromatic rings. The normalized spacial score (nSPS) is 10.1. The van der Waals surface area contributed by atoms with Crippen LogP contribution in [0.25, 0.3) is 0 Å². The number of ether oxygens (including phenoxy) is 1. The molecule has 0 aliphatic heterocycles. The van der Waals surface area contributed by atoms with E-state index in [0.717, 1.165) is 11.1 Å². The van der Waals surface area contributed by atoms with Crippen LogP contribution in [0, 0.1) is 30.0 Å². The molecule has 0 saturated heterocycles. The van der Waals surface area contributed by atoms with Crippen LogP contribution < -0.4 is 4.74 Å². The van der Waals surface area contributed by atoms with E-state index >= 15 is 0 Å². The maximum Gasteiger partial charge on any atom is 0.311 e. The van der Waals surface area contributed by atoms with Gasteiger partial charge in [-0.2, -0.15) is 0 Å². The third-order valence-electron chi connectivity index (χ3n) is 2.78. The fourth-order valence-corrected chi connectivity index (χ4v) is 1.59. The van der Waals surface area contributed by atoms with Gasteiger partial charge in [-0.1, -0.05) is 12.1 Å². The van der Waals surface area contributed by atoms with Gasteiger partial charge in [-0.15, -0.1) is 0 Å². The highest BCUT2D eigenvalue weighted by Crippen LogP contribution is 2.32. The lowest BCUT2D eigenvalue weighted by Crippen LogP contribution is -1.95. The second-order valence-corrected chi connectivity index (χ2v) is 3.95. The van der Waals surface area contributed by atoms with Crippen LogP contribution in [0.2, 0.25) is 0 Å². The highest BCUT2D eigenvalue weighted by atomic mass is 16.6. The first-order valence-electron chi connectivity index (χ1n) is 5.48. The molecule has 0 aliphatic rings. The molecule has 0 amide bonds. The van der Waals surface area contributed by atoms with Crippen LogP contribution in [0.4, 0.5) is 5.69 Å². The lowest BCUT2D eigenvalue weighted by atomic mass is 10.1. The summed E-state index contributed by atoms with van der Waals surface area (Å²) in [6, 6.07) is 12.7. The Bertz CT molecular complexity index is 593. The monoisotopic (exact) mass is 242 g/mol.